The van der Waals surface area contributed by atoms with Gasteiger partial charge in [0.25, 0.3) is 0 Å². The molecule has 1 aromatic carbocycles. The summed E-state index contributed by atoms with van der Waals surface area (Å²) in [6, 6.07) is 6.16. The van der Waals surface area contributed by atoms with Crippen LogP contribution in [-0.4, -0.2) is 46.9 Å². The molecule has 1 aromatic rings. The quantitative estimate of drug-likeness (QED) is 0.754. The van der Waals surface area contributed by atoms with Gasteiger partial charge in [-0.05, 0) is 43.7 Å². The van der Waals surface area contributed by atoms with Crippen LogP contribution in [0, 0.1) is 0 Å². The monoisotopic (exact) mass is 341 g/mol. The number of benzene rings is 1. The van der Waals surface area contributed by atoms with Crippen LogP contribution in [0.5, 0.6) is 0 Å². The van der Waals surface area contributed by atoms with E-state index in [1.54, 1.807) is 29.2 Å². The average Bonchev–Trinajstić information content (AvgIpc) is 2.88. The second-order valence-corrected chi connectivity index (χ2v) is 5.27. The van der Waals surface area contributed by atoms with E-state index >= 15 is 0 Å². The second kappa shape index (κ2) is 8.50. The number of likely N-dealkylation sites (tertiary alicyclic amines) is 1. The van der Waals surface area contributed by atoms with Gasteiger partial charge in [-0.15, -0.1) is 12.4 Å². The van der Waals surface area contributed by atoms with Crippen LogP contribution in [-0.2, 0) is 14.4 Å². The standard InChI is InChI=1S/C15H19N3O4.ClH/c1-10(19)16-11-4-6-12(7-5-11)17-14(20)9-18-8-2-3-13(18)15(21)22;/h4-7,13H,2-3,8-9H2,1H3,(H,16,19)(H,17,20)(H,21,22);1H/t13-;/m0./s1. The number of amides is 2. The molecular formula is C15H20ClN3O4. The smallest absolute Gasteiger partial charge is 0.320 e. The van der Waals surface area contributed by atoms with Crippen LogP contribution in [0.15, 0.2) is 24.3 Å². The summed E-state index contributed by atoms with van der Waals surface area (Å²) in [5.74, 6) is -1.30. The Labute approximate surface area is 140 Å². The van der Waals surface area contributed by atoms with Gasteiger partial charge in [0.05, 0.1) is 6.54 Å². The molecule has 0 unspecified atom stereocenters. The number of carbonyl (C=O) groups is 3. The molecule has 3 N–H and O–H groups in total. The molecule has 0 aliphatic carbocycles. The highest BCUT2D eigenvalue weighted by Gasteiger charge is 2.31. The summed E-state index contributed by atoms with van der Waals surface area (Å²) in [5.41, 5.74) is 1.25. The molecule has 126 valence electrons. The number of carbonyl (C=O) groups excluding carboxylic acids is 2. The fraction of sp³-hybridized carbons (Fsp3) is 0.400. The molecule has 0 spiro atoms. The van der Waals surface area contributed by atoms with Crippen molar-refractivity contribution in [3.63, 3.8) is 0 Å². The first kappa shape index (κ1) is 18.9. The molecule has 0 bridgehead atoms. The second-order valence-electron chi connectivity index (χ2n) is 5.27. The van der Waals surface area contributed by atoms with Gasteiger partial charge in [-0.25, -0.2) is 0 Å². The number of nitrogens with one attached hydrogen (secondary N) is 2. The summed E-state index contributed by atoms with van der Waals surface area (Å²) in [7, 11) is 0. The van der Waals surface area contributed by atoms with E-state index in [0.29, 0.717) is 24.3 Å². The number of rotatable bonds is 5. The maximum absolute atomic E-state index is 12.0. The van der Waals surface area contributed by atoms with E-state index in [4.69, 9.17) is 5.11 Å². The van der Waals surface area contributed by atoms with Gasteiger partial charge in [0.1, 0.15) is 6.04 Å². The van der Waals surface area contributed by atoms with Crippen molar-refractivity contribution < 1.29 is 19.5 Å². The van der Waals surface area contributed by atoms with Crippen molar-refractivity contribution in [3.05, 3.63) is 24.3 Å². The number of halogens is 1. The zero-order valence-electron chi connectivity index (χ0n) is 12.7. The zero-order valence-corrected chi connectivity index (χ0v) is 13.6. The topological polar surface area (TPSA) is 98.7 Å². The summed E-state index contributed by atoms with van der Waals surface area (Å²) in [4.78, 5) is 35.6. The molecule has 1 aliphatic rings. The highest BCUT2D eigenvalue weighted by atomic mass is 35.5. The summed E-state index contributed by atoms with van der Waals surface area (Å²) in [5, 5.41) is 14.4. The SMILES string of the molecule is CC(=O)Nc1ccc(NC(=O)CN2CCC[C@H]2C(=O)O)cc1.Cl. The van der Waals surface area contributed by atoms with E-state index < -0.39 is 12.0 Å². The minimum atomic E-state index is -0.884. The predicted octanol–water partition coefficient (Wildman–Crippen LogP) is 1.55. The Balaban J connectivity index is 0.00000264. The molecular weight excluding hydrogens is 322 g/mol. The first-order valence-corrected chi connectivity index (χ1v) is 7.10. The van der Waals surface area contributed by atoms with Crippen molar-refractivity contribution >= 4 is 41.6 Å². The van der Waals surface area contributed by atoms with Gasteiger partial charge in [0.15, 0.2) is 0 Å². The van der Waals surface area contributed by atoms with E-state index in [1.807, 2.05) is 0 Å². The van der Waals surface area contributed by atoms with Gasteiger partial charge in [0, 0.05) is 18.3 Å². The third-order valence-corrected chi connectivity index (χ3v) is 3.48. The van der Waals surface area contributed by atoms with Gasteiger partial charge in [0.2, 0.25) is 11.8 Å². The third-order valence-electron chi connectivity index (χ3n) is 3.48. The Morgan fingerprint density at radius 1 is 1.17 bits per heavy atom. The van der Waals surface area contributed by atoms with Crippen LogP contribution < -0.4 is 10.6 Å². The van der Waals surface area contributed by atoms with Gasteiger partial charge >= 0.3 is 5.97 Å². The fourth-order valence-corrected chi connectivity index (χ4v) is 2.52. The summed E-state index contributed by atoms with van der Waals surface area (Å²) < 4.78 is 0. The average molecular weight is 342 g/mol. The third kappa shape index (κ3) is 5.54. The summed E-state index contributed by atoms with van der Waals surface area (Å²) >= 11 is 0. The molecule has 1 saturated heterocycles. The Morgan fingerprint density at radius 3 is 2.26 bits per heavy atom. The Morgan fingerprint density at radius 2 is 1.74 bits per heavy atom. The first-order chi connectivity index (χ1) is 10.5. The molecule has 1 heterocycles. The number of carboxylic acid groups (broad SMARTS) is 1. The highest BCUT2D eigenvalue weighted by molar-refractivity contribution is 5.93. The lowest BCUT2D eigenvalue weighted by Gasteiger charge is -2.20. The molecule has 0 aromatic heterocycles. The van der Waals surface area contributed by atoms with Crippen LogP contribution >= 0.6 is 12.4 Å². The number of aliphatic carboxylic acids is 1. The zero-order chi connectivity index (χ0) is 16.1. The van der Waals surface area contributed by atoms with Gasteiger partial charge < -0.3 is 15.7 Å². The normalized spacial score (nSPS) is 17.2. The van der Waals surface area contributed by atoms with Crippen molar-refractivity contribution in [2.75, 3.05) is 23.7 Å². The van der Waals surface area contributed by atoms with E-state index in [2.05, 4.69) is 10.6 Å². The Kier molecular flexibility index (Phi) is 6.99. The fourth-order valence-electron chi connectivity index (χ4n) is 2.52. The summed E-state index contributed by atoms with van der Waals surface area (Å²) in [6.07, 6.45) is 1.36. The highest BCUT2D eigenvalue weighted by Crippen LogP contribution is 2.18. The number of hydrogen-bond acceptors (Lipinski definition) is 4. The lowest BCUT2D eigenvalue weighted by Crippen LogP contribution is -2.40. The minimum Gasteiger partial charge on any atom is -0.480 e. The van der Waals surface area contributed by atoms with Gasteiger partial charge in [-0.2, -0.15) is 0 Å². The van der Waals surface area contributed by atoms with Crippen molar-refractivity contribution in [2.24, 2.45) is 0 Å². The Hall–Kier alpha value is -2.12. The Bertz CT molecular complexity index is 577. The molecule has 0 saturated carbocycles. The van der Waals surface area contributed by atoms with E-state index in [1.165, 1.54) is 6.92 Å². The number of nitrogens with zero attached hydrogens (tertiary/aromatic N) is 1. The molecule has 23 heavy (non-hydrogen) atoms. The van der Waals surface area contributed by atoms with Gasteiger partial charge in [-0.1, -0.05) is 0 Å². The lowest BCUT2D eigenvalue weighted by molar-refractivity contribution is -0.142. The van der Waals surface area contributed by atoms with Gasteiger partial charge in [-0.3, -0.25) is 19.3 Å². The van der Waals surface area contributed by atoms with E-state index in [9.17, 15) is 14.4 Å². The molecule has 1 aliphatic heterocycles. The maximum Gasteiger partial charge on any atom is 0.320 e. The molecule has 1 fully saturated rings. The van der Waals surface area contributed by atoms with Crippen molar-refractivity contribution in [1.82, 2.24) is 4.90 Å². The van der Waals surface area contributed by atoms with Crippen LogP contribution in [0.3, 0.4) is 0 Å². The van der Waals surface area contributed by atoms with Crippen molar-refractivity contribution in [3.8, 4) is 0 Å². The van der Waals surface area contributed by atoms with Crippen LogP contribution in [0.1, 0.15) is 19.8 Å². The minimum absolute atomic E-state index is 0. The van der Waals surface area contributed by atoms with Crippen LogP contribution in [0.25, 0.3) is 0 Å². The number of anilines is 2. The van der Waals surface area contributed by atoms with Crippen molar-refractivity contribution in [1.29, 1.82) is 0 Å². The van der Waals surface area contributed by atoms with Crippen molar-refractivity contribution in [2.45, 2.75) is 25.8 Å². The molecule has 7 nitrogen and oxygen atoms in total. The van der Waals surface area contributed by atoms with E-state index in [-0.39, 0.29) is 30.8 Å². The predicted molar refractivity (Wildman–Crippen MR) is 88.9 cm³/mol. The molecule has 8 heteroatoms. The lowest BCUT2D eigenvalue weighted by atomic mass is 10.2. The molecule has 2 rings (SSSR count). The molecule has 2 amide bonds. The molecule has 1 atom stereocenters. The number of hydrogen-bond donors (Lipinski definition) is 3. The summed E-state index contributed by atoms with van der Waals surface area (Å²) in [6.45, 7) is 2.10. The maximum atomic E-state index is 12.0. The van der Waals surface area contributed by atoms with Crippen LogP contribution in [0.2, 0.25) is 0 Å². The largest absolute Gasteiger partial charge is 0.480 e. The van der Waals surface area contributed by atoms with E-state index in [0.717, 1.165) is 6.42 Å². The molecule has 0 radical (unpaired) electrons. The first-order valence-electron chi connectivity index (χ1n) is 7.10. The number of carboxylic acids is 1. The van der Waals surface area contributed by atoms with Crippen LogP contribution in [0.4, 0.5) is 11.4 Å².